The first kappa shape index (κ1) is 37.1. The summed E-state index contributed by atoms with van der Waals surface area (Å²) in [5, 5.41) is 2.61. The Hall–Kier alpha value is -7.72. The monoisotopic (exact) mass is 820 g/mol. The first-order valence-corrected chi connectivity index (χ1v) is 22.4. The second-order valence-corrected chi connectivity index (χ2v) is 17.8. The third-order valence-electron chi connectivity index (χ3n) is 13.0. The van der Waals surface area contributed by atoms with Gasteiger partial charge in [-0.1, -0.05) is 176 Å². The Morgan fingerprint density at radius 1 is 0.333 bits per heavy atom. The first-order chi connectivity index (χ1) is 31.1. The lowest BCUT2D eigenvalue weighted by Gasteiger charge is -2.28. The van der Waals surface area contributed by atoms with Crippen molar-refractivity contribution in [2.75, 3.05) is 0 Å². The number of rotatable bonds is 7. The van der Waals surface area contributed by atoms with Gasteiger partial charge in [0.25, 0.3) is 0 Å². The summed E-state index contributed by atoms with van der Waals surface area (Å²) in [7, 11) is 0. The van der Waals surface area contributed by atoms with E-state index in [4.69, 9.17) is 9.97 Å². The van der Waals surface area contributed by atoms with Crippen molar-refractivity contribution in [1.29, 1.82) is 0 Å². The molecule has 0 N–H and O–H groups in total. The molecule has 1 unspecified atom stereocenters. The van der Waals surface area contributed by atoms with Gasteiger partial charge in [0, 0.05) is 42.3 Å². The minimum absolute atomic E-state index is 0.251. The topological polar surface area (TPSA) is 25.8 Å². The van der Waals surface area contributed by atoms with Crippen LogP contribution in [0.3, 0.4) is 0 Å². The zero-order valence-electron chi connectivity index (χ0n) is 34.7. The predicted octanol–water partition coefficient (Wildman–Crippen LogP) is 16.2. The fourth-order valence-electron chi connectivity index (χ4n) is 9.70. The molecule has 63 heavy (non-hydrogen) atoms. The quantitative estimate of drug-likeness (QED) is 0.160. The maximum absolute atomic E-state index is 5.31. The third kappa shape index (κ3) is 6.40. The van der Waals surface area contributed by atoms with Crippen LogP contribution in [0, 0.1) is 0 Å². The Morgan fingerprint density at radius 3 is 1.63 bits per heavy atom. The third-order valence-corrected chi connectivity index (χ3v) is 14.1. The maximum Gasteiger partial charge on any atom is 0.160 e. The molecule has 0 radical (unpaired) electrons. The summed E-state index contributed by atoms with van der Waals surface area (Å²) < 4.78 is 2.63. The Kier molecular flexibility index (Phi) is 8.84. The van der Waals surface area contributed by atoms with Gasteiger partial charge < -0.3 is 0 Å². The molecule has 0 aliphatic heterocycles. The van der Waals surface area contributed by atoms with Crippen LogP contribution in [0.25, 0.3) is 98.6 Å². The Bertz CT molecular complexity index is 3500. The molecule has 2 heterocycles. The van der Waals surface area contributed by atoms with Crippen LogP contribution in [-0.2, 0) is 5.41 Å². The summed E-state index contributed by atoms with van der Waals surface area (Å²) in [5.74, 6) is 0.697. The van der Waals surface area contributed by atoms with Gasteiger partial charge in [-0.05, 0) is 117 Å². The Balaban J connectivity index is 0.988. The van der Waals surface area contributed by atoms with Crippen molar-refractivity contribution in [3.8, 4) is 78.4 Å². The normalized spacial score (nSPS) is 14.2. The van der Waals surface area contributed by atoms with Crippen LogP contribution in [0.1, 0.15) is 23.6 Å². The molecular formula is C60H40N2S. The fourth-order valence-corrected chi connectivity index (χ4v) is 10.8. The van der Waals surface area contributed by atoms with Gasteiger partial charge in [-0.3, -0.25) is 0 Å². The van der Waals surface area contributed by atoms with Crippen molar-refractivity contribution in [2.45, 2.75) is 12.3 Å². The fraction of sp³-hybridized carbons (Fsp3) is 0.0333. The predicted molar refractivity (Wildman–Crippen MR) is 265 cm³/mol. The molecule has 0 fully saturated rings. The molecule has 0 saturated heterocycles. The van der Waals surface area contributed by atoms with Crippen molar-refractivity contribution in [3.63, 3.8) is 0 Å². The smallest absolute Gasteiger partial charge is 0.160 e. The number of fused-ring (bicyclic) bond motifs is 6. The molecule has 0 amide bonds. The van der Waals surface area contributed by atoms with Crippen LogP contribution in [0.2, 0.25) is 0 Å². The highest BCUT2D eigenvalue weighted by Crippen LogP contribution is 2.53. The molecule has 2 nitrogen and oxygen atoms in total. The molecule has 9 aromatic carbocycles. The van der Waals surface area contributed by atoms with Crippen molar-refractivity contribution in [1.82, 2.24) is 9.97 Å². The lowest BCUT2D eigenvalue weighted by Crippen LogP contribution is -2.22. The lowest BCUT2D eigenvalue weighted by molar-refractivity contribution is 0.714. The molecule has 12 rings (SSSR count). The summed E-state index contributed by atoms with van der Waals surface area (Å²) in [5.41, 5.74) is 18.1. The van der Waals surface area contributed by atoms with Gasteiger partial charge in [0.2, 0.25) is 0 Å². The summed E-state index contributed by atoms with van der Waals surface area (Å²) >= 11 is 1.85. The van der Waals surface area contributed by atoms with Gasteiger partial charge in [-0.25, -0.2) is 9.97 Å². The van der Waals surface area contributed by atoms with E-state index < -0.39 is 0 Å². The van der Waals surface area contributed by atoms with Gasteiger partial charge in [-0.15, -0.1) is 11.3 Å². The minimum atomic E-state index is -0.251. The largest absolute Gasteiger partial charge is 0.228 e. The van der Waals surface area contributed by atoms with E-state index in [-0.39, 0.29) is 5.41 Å². The molecular weight excluding hydrogens is 781 g/mol. The molecule has 0 saturated carbocycles. The molecule has 1 aliphatic rings. The van der Waals surface area contributed by atoms with Crippen LogP contribution in [0.15, 0.2) is 224 Å². The van der Waals surface area contributed by atoms with Crippen LogP contribution >= 0.6 is 11.3 Å². The van der Waals surface area contributed by atoms with Gasteiger partial charge in [0.1, 0.15) is 0 Å². The van der Waals surface area contributed by atoms with E-state index in [0.29, 0.717) is 5.82 Å². The Morgan fingerprint density at radius 2 is 0.857 bits per heavy atom. The molecule has 11 aromatic rings. The van der Waals surface area contributed by atoms with Crippen molar-refractivity contribution in [3.05, 3.63) is 241 Å². The SMILES string of the molecule is CC1(c2ccccc2)c2ccccc2-c2cc(-c3cc(-c4ccccc4)cc(-c4cc(-c5ccc(-c6ccc7sc8ccccc8c7c6)cc5)nc(-c5ccccc5)n4)c3)ccc21. The van der Waals surface area contributed by atoms with Crippen LogP contribution < -0.4 is 0 Å². The molecule has 0 spiro atoms. The van der Waals surface area contributed by atoms with Crippen LogP contribution in [0.4, 0.5) is 0 Å². The van der Waals surface area contributed by atoms with Crippen molar-refractivity contribution < 1.29 is 0 Å². The zero-order valence-corrected chi connectivity index (χ0v) is 35.5. The van der Waals surface area contributed by atoms with E-state index in [1.54, 1.807) is 0 Å². The molecule has 1 aliphatic carbocycles. The summed E-state index contributed by atoms with van der Waals surface area (Å²) in [6, 6.07) is 81.3. The average Bonchev–Trinajstić information content (AvgIpc) is 3.87. The second-order valence-electron chi connectivity index (χ2n) is 16.7. The van der Waals surface area contributed by atoms with Gasteiger partial charge in [0.15, 0.2) is 5.82 Å². The summed E-state index contributed by atoms with van der Waals surface area (Å²) in [6.45, 7) is 2.37. The molecule has 1 atom stereocenters. The van der Waals surface area contributed by atoms with Crippen LogP contribution in [0.5, 0.6) is 0 Å². The van der Waals surface area contributed by atoms with Gasteiger partial charge >= 0.3 is 0 Å². The van der Waals surface area contributed by atoms with E-state index in [2.05, 4.69) is 225 Å². The number of benzene rings is 9. The number of hydrogen-bond donors (Lipinski definition) is 0. The molecule has 2 aromatic heterocycles. The highest BCUT2D eigenvalue weighted by molar-refractivity contribution is 7.25. The minimum Gasteiger partial charge on any atom is -0.228 e. The van der Waals surface area contributed by atoms with Crippen LogP contribution in [-0.4, -0.2) is 9.97 Å². The number of thiophene rings is 1. The molecule has 0 bridgehead atoms. The van der Waals surface area contributed by atoms with E-state index in [1.807, 2.05) is 17.4 Å². The summed E-state index contributed by atoms with van der Waals surface area (Å²) in [6.07, 6.45) is 0. The summed E-state index contributed by atoms with van der Waals surface area (Å²) in [4.78, 5) is 10.5. The number of nitrogens with zero attached hydrogens (tertiary/aromatic N) is 2. The highest BCUT2D eigenvalue weighted by atomic mass is 32.1. The van der Waals surface area contributed by atoms with E-state index in [0.717, 1.165) is 44.8 Å². The number of aromatic nitrogens is 2. The average molecular weight is 821 g/mol. The zero-order chi connectivity index (χ0) is 41.9. The van der Waals surface area contributed by atoms with E-state index in [9.17, 15) is 0 Å². The highest BCUT2D eigenvalue weighted by Gasteiger charge is 2.40. The van der Waals surface area contributed by atoms with Gasteiger partial charge in [0.05, 0.1) is 11.4 Å². The standard InChI is InChI=1S/C60H40N2S/c1-60(48-19-9-4-10-20-48)53-23-13-11-21-49(53)51-36-44(29-31-54(51)60)46-33-45(39-15-5-2-6-16-39)34-47(35-46)56-38-55(61-59(62-56)42-17-7-3-8-18-42)41-27-25-40(26-28-41)43-30-32-58-52(37-43)50-22-12-14-24-57(50)63-58/h2-38H,1H3. The van der Waals surface area contributed by atoms with Crippen molar-refractivity contribution >= 4 is 31.5 Å². The van der Waals surface area contributed by atoms with E-state index in [1.165, 1.54) is 64.7 Å². The lowest BCUT2D eigenvalue weighted by atomic mass is 9.74. The number of hydrogen-bond acceptors (Lipinski definition) is 3. The van der Waals surface area contributed by atoms with Gasteiger partial charge in [-0.2, -0.15) is 0 Å². The maximum atomic E-state index is 5.31. The van der Waals surface area contributed by atoms with Crippen molar-refractivity contribution in [2.24, 2.45) is 0 Å². The molecule has 3 heteroatoms. The second kappa shape index (κ2) is 15.0. The molecule has 296 valence electrons. The Labute approximate surface area is 371 Å². The first-order valence-electron chi connectivity index (χ1n) is 21.5. The van der Waals surface area contributed by atoms with E-state index >= 15 is 0 Å².